The Morgan fingerprint density at radius 3 is 1.44 bits per heavy atom. The van der Waals surface area contributed by atoms with Gasteiger partial charge in [-0.25, -0.2) is 0 Å². The zero-order valence-electron chi connectivity index (χ0n) is 16.9. The summed E-state index contributed by atoms with van der Waals surface area (Å²) in [7, 11) is 3.04. The number of ether oxygens (including phenoxy) is 4. The summed E-state index contributed by atoms with van der Waals surface area (Å²) >= 11 is 0. The molecule has 0 aliphatic heterocycles. The zero-order chi connectivity index (χ0) is 20.8. The van der Waals surface area contributed by atoms with Crippen LogP contribution in [0.2, 0.25) is 0 Å². The molecule has 0 spiro atoms. The van der Waals surface area contributed by atoms with Gasteiger partial charge in [0.1, 0.15) is 13.2 Å². The molecule has 0 radical (unpaired) electrons. The van der Waals surface area contributed by atoms with E-state index in [-0.39, 0.29) is 64.4 Å². The van der Waals surface area contributed by atoms with Crippen LogP contribution in [0.15, 0.2) is 0 Å². The van der Waals surface area contributed by atoms with E-state index in [4.69, 9.17) is 18.9 Å². The predicted octanol–water partition coefficient (Wildman–Crippen LogP) is -0.267. The number of aliphatic hydroxyl groups is 2. The van der Waals surface area contributed by atoms with E-state index < -0.39 is 10.8 Å². The van der Waals surface area contributed by atoms with Crippen molar-refractivity contribution < 1.29 is 38.7 Å². The van der Waals surface area contributed by atoms with Crippen LogP contribution >= 0.6 is 0 Å². The number of rotatable bonds is 16. The number of hydrogen-bond donors (Lipinski definition) is 3. The number of methoxy groups -OCH3 is 2. The van der Waals surface area contributed by atoms with Gasteiger partial charge in [0, 0.05) is 38.1 Å². The van der Waals surface area contributed by atoms with Crippen LogP contribution in [0.3, 0.4) is 0 Å². The van der Waals surface area contributed by atoms with Crippen molar-refractivity contribution in [2.24, 2.45) is 10.8 Å². The Labute approximate surface area is 161 Å². The number of nitrogens with one attached hydrogen (secondary N) is 1. The topological polar surface area (TPSA) is 124 Å². The van der Waals surface area contributed by atoms with Crippen molar-refractivity contribution in [1.82, 2.24) is 5.32 Å². The fourth-order valence-electron chi connectivity index (χ4n) is 2.12. The van der Waals surface area contributed by atoms with E-state index in [0.717, 1.165) is 0 Å². The molecule has 0 bridgehead atoms. The van der Waals surface area contributed by atoms with Gasteiger partial charge in [-0.05, 0) is 0 Å². The van der Waals surface area contributed by atoms with Gasteiger partial charge in [-0.3, -0.25) is 9.59 Å². The van der Waals surface area contributed by atoms with Crippen LogP contribution in [0.5, 0.6) is 0 Å². The summed E-state index contributed by atoms with van der Waals surface area (Å²) in [5, 5.41) is 21.6. The van der Waals surface area contributed by atoms with Crippen molar-refractivity contribution in [3.63, 3.8) is 0 Å². The van der Waals surface area contributed by atoms with E-state index in [1.807, 2.05) is 0 Å². The largest absolute Gasteiger partial charge is 0.465 e. The van der Waals surface area contributed by atoms with Gasteiger partial charge in [0.05, 0.1) is 39.3 Å². The number of carbonyl (C=O) groups is 2. The van der Waals surface area contributed by atoms with E-state index in [1.54, 1.807) is 13.8 Å². The van der Waals surface area contributed by atoms with Gasteiger partial charge in [-0.2, -0.15) is 0 Å². The second-order valence-electron chi connectivity index (χ2n) is 7.37. The van der Waals surface area contributed by atoms with Crippen LogP contribution in [0.4, 0.5) is 0 Å². The molecule has 0 aromatic heterocycles. The Hall–Kier alpha value is -1.26. The van der Waals surface area contributed by atoms with E-state index in [9.17, 15) is 19.8 Å². The highest BCUT2D eigenvalue weighted by atomic mass is 16.5. The highest BCUT2D eigenvalue weighted by Gasteiger charge is 2.26. The second kappa shape index (κ2) is 13.8. The molecule has 0 amide bonds. The minimum atomic E-state index is -0.618. The molecule has 0 fully saturated rings. The Kier molecular flexibility index (Phi) is 13.2. The number of esters is 2. The number of hydrogen-bond acceptors (Lipinski definition) is 9. The number of carbonyl (C=O) groups excluding carboxylic acids is 2. The van der Waals surface area contributed by atoms with Gasteiger partial charge in [0.15, 0.2) is 0 Å². The minimum absolute atomic E-state index is 0.0770. The SMILES string of the molecule is COCC(C)(CO)COC(=O)CCNCCC(=O)OCC(C)(CO)COC. The molecule has 9 heteroatoms. The summed E-state index contributed by atoms with van der Waals surface area (Å²) in [6.45, 7) is 4.70. The summed E-state index contributed by atoms with van der Waals surface area (Å²) in [4.78, 5) is 23.4. The van der Waals surface area contributed by atoms with Gasteiger partial charge in [-0.1, -0.05) is 13.8 Å². The zero-order valence-corrected chi connectivity index (χ0v) is 16.9. The maximum atomic E-state index is 11.7. The first-order chi connectivity index (χ1) is 12.7. The molecule has 27 heavy (non-hydrogen) atoms. The van der Waals surface area contributed by atoms with E-state index in [1.165, 1.54) is 14.2 Å². The molecule has 2 unspecified atom stereocenters. The standard InChI is InChI=1S/C18H35NO8/c1-17(9-20,11-24-3)13-26-15(22)5-7-19-8-6-16(23)27-14-18(2,10-21)12-25-4/h19-21H,5-14H2,1-4H3. The van der Waals surface area contributed by atoms with Gasteiger partial charge in [-0.15, -0.1) is 0 Å². The molecule has 0 aromatic carbocycles. The average Bonchev–Trinajstić information content (AvgIpc) is 2.65. The summed E-state index contributed by atoms with van der Waals surface area (Å²) in [6.07, 6.45) is 0.305. The van der Waals surface area contributed by atoms with E-state index in [2.05, 4.69) is 5.32 Å². The molecule has 0 aliphatic carbocycles. The Morgan fingerprint density at radius 1 is 0.778 bits per heavy atom. The normalized spacial score (nSPS) is 15.6. The van der Waals surface area contributed by atoms with Crippen molar-refractivity contribution in [3.8, 4) is 0 Å². The molecule has 3 N–H and O–H groups in total. The van der Waals surface area contributed by atoms with Crippen LogP contribution < -0.4 is 5.32 Å². The van der Waals surface area contributed by atoms with Crippen LogP contribution in [0, 0.1) is 10.8 Å². The highest BCUT2D eigenvalue weighted by Crippen LogP contribution is 2.17. The lowest BCUT2D eigenvalue weighted by atomic mass is 9.94. The minimum Gasteiger partial charge on any atom is -0.465 e. The monoisotopic (exact) mass is 393 g/mol. The van der Waals surface area contributed by atoms with Crippen LogP contribution in [0.1, 0.15) is 26.7 Å². The van der Waals surface area contributed by atoms with Gasteiger partial charge >= 0.3 is 11.9 Å². The third kappa shape index (κ3) is 11.9. The first-order valence-corrected chi connectivity index (χ1v) is 8.96. The van der Waals surface area contributed by atoms with Gasteiger partial charge in [0.25, 0.3) is 0 Å². The molecule has 0 saturated carbocycles. The Bertz CT molecular complexity index is 396. The molecule has 0 aliphatic rings. The summed E-state index contributed by atoms with van der Waals surface area (Å²) in [6, 6.07) is 0. The lowest BCUT2D eigenvalue weighted by molar-refractivity contribution is -0.149. The first kappa shape index (κ1) is 25.7. The van der Waals surface area contributed by atoms with Crippen LogP contribution in [-0.4, -0.2) is 89.1 Å². The number of aliphatic hydroxyl groups excluding tert-OH is 2. The quantitative estimate of drug-likeness (QED) is 0.240. The molecular weight excluding hydrogens is 358 g/mol. The van der Waals surface area contributed by atoms with Crippen molar-refractivity contribution in [1.29, 1.82) is 0 Å². The lowest BCUT2D eigenvalue weighted by Gasteiger charge is -2.25. The first-order valence-electron chi connectivity index (χ1n) is 8.96. The van der Waals surface area contributed by atoms with E-state index >= 15 is 0 Å². The average molecular weight is 393 g/mol. The third-order valence-corrected chi connectivity index (χ3v) is 3.92. The van der Waals surface area contributed by atoms with Crippen molar-refractivity contribution in [3.05, 3.63) is 0 Å². The fourth-order valence-corrected chi connectivity index (χ4v) is 2.12. The fraction of sp³-hybridized carbons (Fsp3) is 0.889. The third-order valence-electron chi connectivity index (χ3n) is 3.92. The Morgan fingerprint density at radius 2 is 1.15 bits per heavy atom. The van der Waals surface area contributed by atoms with Crippen LogP contribution in [-0.2, 0) is 28.5 Å². The molecule has 0 rings (SSSR count). The molecule has 0 aromatic rings. The summed E-state index contributed by atoms with van der Waals surface area (Å²) in [5.41, 5.74) is -1.24. The van der Waals surface area contributed by atoms with Gasteiger partial charge < -0.3 is 34.5 Å². The smallest absolute Gasteiger partial charge is 0.307 e. The highest BCUT2D eigenvalue weighted by molar-refractivity contribution is 5.70. The Balaban J connectivity index is 3.86. The lowest BCUT2D eigenvalue weighted by Crippen LogP contribution is -2.34. The van der Waals surface area contributed by atoms with Crippen molar-refractivity contribution in [2.75, 3.05) is 67.0 Å². The van der Waals surface area contributed by atoms with Crippen molar-refractivity contribution in [2.45, 2.75) is 26.7 Å². The molecule has 9 nitrogen and oxygen atoms in total. The van der Waals surface area contributed by atoms with Gasteiger partial charge in [0.2, 0.25) is 0 Å². The maximum absolute atomic E-state index is 11.7. The van der Waals surface area contributed by atoms with Crippen LogP contribution in [0.25, 0.3) is 0 Å². The predicted molar refractivity (Wildman–Crippen MR) is 98.2 cm³/mol. The molecule has 2 atom stereocenters. The van der Waals surface area contributed by atoms with E-state index in [0.29, 0.717) is 13.1 Å². The molecule has 160 valence electrons. The van der Waals surface area contributed by atoms with Crippen molar-refractivity contribution >= 4 is 11.9 Å². The second-order valence-corrected chi connectivity index (χ2v) is 7.37. The molecular formula is C18H35NO8. The summed E-state index contributed by atoms with van der Waals surface area (Å²) in [5.74, 6) is -0.779. The summed E-state index contributed by atoms with van der Waals surface area (Å²) < 4.78 is 20.3. The maximum Gasteiger partial charge on any atom is 0.307 e. The molecule has 0 saturated heterocycles. The molecule has 0 heterocycles.